The van der Waals surface area contributed by atoms with Gasteiger partial charge in [0.05, 0.1) is 16.6 Å². The van der Waals surface area contributed by atoms with Crippen molar-refractivity contribution in [1.82, 2.24) is 29.5 Å². The van der Waals surface area contributed by atoms with Gasteiger partial charge < -0.3 is 0 Å². The highest BCUT2D eigenvalue weighted by Gasteiger charge is 2.16. The zero-order valence-corrected chi connectivity index (χ0v) is 12.1. The normalized spacial score (nSPS) is 11.2. The summed E-state index contributed by atoms with van der Waals surface area (Å²) in [5.41, 5.74) is 1.16. The van der Waals surface area contributed by atoms with E-state index in [1.54, 1.807) is 6.92 Å². The summed E-state index contributed by atoms with van der Waals surface area (Å²) < 4.78 is 2.75. The molecule has 0 saturated carbocycles. The summed E-state index contributed by atoms with van der Waals surface area (Å²) in [7, 11) is 0. The van der Waals surface area contributed by atoms with E-state index in [0.717, 1.165) is 0 Å². The largest absolute Gasteiger partial charge is 0.290 e. The van der Waals surface area contributed by atoms with Gasteiger partial charge in [-0.1, -0.05) is 18.2 Å². The highest BCUT2D eigenvalue weighted by Crippen LogP contribution is 2.14. The average Bonchev–Trinajstić information content (AvgIpc) is 3.17. The number of aromatic nitrogens is 6. The highest BCUT2D eigenvalue weighted by atomic mass is 16.1. The van der Waals surface area contributed by atoms with Crippen LogP contribution in [0.5, 0.6) is 0 Å². The number of rotatable bonds is 2. The van der Waals surface area contributed by atoms with Crippen molar-refractivity contribution in [1.29, 1.82) is 0 Å². The highest BCUT2D eigenvalue weighted by molar-refractivity contribution is 5.81. The maximum atomic E-state index is 12.8. The SMILES string of the molecule is Cc1c2c(=O)n(-c3ccccc3)[nH]c2cc(=O)n1-c1ncn[nH]1. The lowest BCUT2D eigenvalue weighted by atomic mass is 10.2. The van der Waals surface area contributed by atoms with Crippen molar-refractivity contribution >= 4 is 10.9 Å². The van der Waals surface area contributed by atoms with Gasteiger partial charge in [-0.05, 0) is 19.1 Å². The van der Waals surface area contributed by atoms with E-state index in [0.29, 0.717) is 22.3 Å². The number of pyridine rings is 1. The van der Waals surface area contributed by atoms with Crippen molar-refractivity contribution in [2.24, 2.45) is 0 Å². The van der Waals surface area contributed by atoms with Gasteiger partial charge in [0.15, 0.2) is 0 Å². The molecule has 0 aliphatic carbocycles. The molecule has 114 valence electrons. The Morgan fingerprint density at radius 1 is 1.13 bits per heavy atom. The molecule has 4 aromatic rings. The van der Waals surface area contributed by atoms with Crippen LogP contribution in [0.4, 0.5) is 0 Å². The van der Waals surface area contributed by atoms with E-state index in [4.69, 9.17) is 0 Å². The van der Waals surface area contributed by atoms with Crippen molar-refractivity contribution in [3.8, 4) is 11.6 Å². The minimum atomic E-state index is -0.298. The quantitative estimate of drug-likeness (QED) is 0.574. The fourth-order valence-electron chi connectivity index (χ4n) is 2.70. The first-order valence-corrected chi connectivity index (χ1v) is 6.95. The molecule has 0 saturated heterocycles. The number of hydrogen-bond donors (Lipinski definition) is 2. The van der Waals surface area contributed by atoms with Crippen LogP contribution in [0.1, 0.15) is 5.69 Å². The van der Waals surface area contributed by atoms with Crippen molar-refractivity contribution < 1.29 is 0 Å². The average molecular weight is 308 g/mol. The number of fused-ring (bicyclic) bond motifs is 1. The van der Waals surface area contributed by atoms with Gasteiger partial charge in [0, 0.05) is 11.8 Å². The van der Waals surface area contributed by atoms with Gasteiger partial charge in [-0.3, -0.25) is 14.7 Å². The van der Waals surface area contributed by atoms with E-state index in [-0.39, 0.29) is 17.1 Å². The molecule has 8 nitrogen and oxygen atoms in total. The molecule has 8 heteroatoms. The van der Waals surface area contributed by atoms with Crippen molar-refractivity contribution in [3.05, 3.63) is 69.1 Å². The molecular formula is C15H12N6O2. The van der Waals surface area contributed by atoms with Crippen LogP contribution in [0.25, 0.3) is 22.5 Å². The second-order valence-corrected chi connectivity index (χ2v) is 5.09. The molecule has 0 fully saturated rings. The summed E-state index contributed by atoms with van der Waals surface area (Å²) in [4.78, 5) is 29.1. The Bertz CT molecular complexity index is 1100. The van der Waals surface area contributed by atoms with Crippen LogP contribution >= 0.6 is 0 Å². The Morgan fingerprint density at radius 2 is 1.91 bits per heavy atom. The summed E-state index contributed by atoms with van der Waals surface area (Å²) in [5, 5.41) is 9.80. The Morgan fingerprint density at radius 3 is 2.61 bits per heavy atom. The number of aryl methyl sites for hydroxylation is 1. The zero-order valence-electron chi connectivity index (χ0n) is 12.1. The smallest absolute Gasteiger partial charge is 0.280 e. The van der Waals surface area contributed by atoms with Gasteiger partial charge in [0.1, 0.15) is 6.33 Å². The maximum absolute atomic E-state index is 12.8. The molecule has 2 N–H and O–H groups in total. The summed E-state index contributed by atoms with van der Waals surface area (Å²) in [6.07, 6.45) is 1.31. The zero-order chi connectivity index (χ0) is 16.0. The minimum absolute atomic E-state index is 0.225. The number of nitrogens with zero attached hydrogens (tertiary/aromatic N) is 4. The standard InChI is InChI=1S/C15H12N6O2/c1-9-13-11(7-12(22)20(9)15-16-8-17-18-15)19-21(14(13)23)10-5-3-2-4-6-10/h2-8,19H,1H3,(H,16,17,18). The van der Waals surface area contributed by atoms with Crippen LogP contribution < -0.4 is 11.1 Å². The Balaban J connectivity index is 2.07. The lowest BCUT2D eigenvalue weighted by Crippen LogP contribution is -2.22. The van der Waals surface area contributed by atoms with Gasteiger partial charge in [0.25, 0.3) is 11.1 Å². The molecule has 3 aromatic heterocycles. The molecule has 0 atom stereocenters. The molecule has 1 aromatic carbocycles. The first-order chi connectivity index (χ1) is 11.2. The van der Waals surface area contributed by atoms with E-state index in [1.807, 2.05) is 30.3 Å². The summed E-state index contributed by atoms with van der Waals surface area (Å²) in [6, 6.07) is 10.6. The minimum Gasteiger partial charge on any atom is -0.290 e. The van der Waals surface area contributed by atoms with E-state index in [1.165, 1.54) is 21.6 Å². The van der Waals surface area contributed by atoms with E-state index < -0.39 is 0 Å². The summed E-state index contributed by atoms with van der Waals surface area (Å²) in [5.74, 6) is 0.279. The predicted molar refractivity (Wildman–Crippen MR) is 84.2 cm³/mol. The fraction of sp³-hybridized carbons (Fsp3) is 0.0667. The van der Waals surface area contributed by atoms with Gasteiger partial charge in [-0.15, -0.1) is 0 Å². The lowest BCUT2D eigenvalue weighted by Gasteiger charge is -2.05. The van der Waals surface area contributed by atoms with Crippen molar-refractivity contribution in [2.75, 3.05) is 0 Å². The fourth-order valence-corrected chi connectivity index (χ4v) is 2.70. The molecule has 23 heavy (non-hydrogen) atoms. The summed E-state index contributed by atoms with van der Waals surface area (Å²) in [6.45, 7) is 1.71. The Hall–Kier alpha value is -3.42. The number of H-pyrrole nitrogens is 2. The summed E-state index contributed by atoms with van der Waals surface area (Å²) >= 11 is 0. The van der Waals surface area contributed by atoms with Gasteiger partial charge in [0.2, 0.25) is 5.95 Å². The third-order valence-electron chi connectivity index (χ3n) is 3.73. The molecular weight excluding hydrogens is 296 g/mol. The van der Waals surface area contributed by atoms with E-state index >= 15 is 0 Å². The molecule has 0 spiro atoms. The Kier molecular flexibility index (Phi) is 2.77. The van der Waals surface area contributed by atoms with Crippen molar-refractivity contribution in [2.45, 2.75) is 6.92 Å². The molecule has 0 bridgehead atoms. The van der Waals surface area contributed by atoms with Gasteiger partial charge in [-0.25, -0.2) is 14.3 Å². The second kappa shape index (κ2) is 4.80. The number of para-hydroxylation sites is 1. The molecule has 0 aliphatic rings. The third-order valence-corrected chi connectivity index (χ3v) is 3.73. The number of benzene rings is 1. The van der Waals surface area contributed by atoms with Gasteiger partial charge in [-0.2, -0.15) is 10.1 Å². The molecule has 0 unspecified atom stereocenters. The lowest BCUT2D eigenvalue weighted by molar-refractivity contribution is 0.863. The van der Waals surface area contributed by atoms with E-state index in [9.17, 15) is 9.59 Å². The predicted octanol–water partition coefficient (Wildman–Crippen LogP) is 0.896. The molecule has 4 rings (SSSR count). The topological polar surface area (TPSA) is 101 Å². The number of nitrogens with one attached hydrogen (secondary N) is 2. The first-order valence-electron chi connectivity index (χ1n) is 6.95. The maximum Gasteiger partial charge on any atom is 0.280 e. The van der Waals surface area contributed by atoms with Crippen LogP contribution in [0.2, 0.25) is 0 Å². The number of hydrogen-bond acceptors (Lipinski definition) is 4. The second-order valence-electron chi connectivity index (χ2n) is 5.09. The third kappa shape index (κ3) is 1.92. The van der Waals surface area contributed by atoms with Gasteiger partial charge >= 0.3 is 0 Å². The van der Waals surface area contributed by atoms with Crippen LogP contribution in [0, 0.1) is 6.92 Å². The monoisotopic (exact) mass is 308 g/mol. The molecule has 0 radical (unpaired) electrons. The number of aromatic amines is 2. The van der Waals surface area contributed by atoms with Crippen LogP contribution in [0.3, 0.4) is 0 Å². The van der Waals surface area contributed by atoms with Crippen LogP contribution in [-0.4, -0.2) is 29.5 Å². The van der Waals surface area contributed by atoms with Crippen LogP contribution in [-0.2, 0) is 0 Å². The first kappa shape index (κ1) is 13.3. The van der Waals surface area contributed by atoms with Crippen LogP contribution in [0.15, 0.2) is 52.3 Å². The van der Waals surface area contributed by atoms with E-state index in [2.05, 4.69) is 20.3 Å². The molecule has 3 heterocycles. The molecule has 0 aliphatic heterocycles. The van der Waals surface area contributed by atoms with Crippen molar-refractivity contribution in [3.63, 3.8) is 0 Å². The molecule has 0 amide bonds. The Labute approximate surface area is 129 Å².